The largest absolute Gasteiger partial charge is 0.352 e. The lowest BCUT2D eigenvalue weighted by molar-refractivity contribution is 0.372. The Hall–Kier alpha value is -1.20. The first-order chi connectivity index (χ1) is 8.58. The van der Waals surface area contributed by atoms with Crippen molar-refractivity contribution in [1.29, 1.82) is 0 Å². The van der Waals surface area contributed by atoms with Gasteiger partial charge in [0, 0.05) is 25.7 Å². The topological polar surface area (TPSA) is 44.3 Å². The Balaban J connectivity index is 2.75. The third kappa shape index (κ3) is 4.23. The van der Waals surface area contributed by atoms with Crippen molar-refractivity contribution in [2.75, 3.05) is 39.1 Å². The zero-order valence-electron chi connectivity index (χ0n) is 12.1. The zero-order valence-corrected chi connectivity index (χ0v) is 12.1. The summed E-state index contributed by atoms with van der Waals surface area (Å²) in [6.45, 7) is 7.07. The van der Waals surface area contributed by atoms with Crippen molar-refractivity contribution in [2.45, 2.75) is 26.4 Å². The van der Waals surface area contributed by atoms with Crippen molar-refractivity contribution in [3.05, 3.63) is 18.1 Å². The Morgan fingerprint density at radius 1 is 1.28 bits per heavy atom. The van der Waals surface area contributed by atoms with Gasteiger partial charge in [-0.25, -0.2) is 4.98 Å². The fourth-order valence-corrected chi connectivity index (χ4v) is 2.10. The molecule has 1 N–H and O–H groups in total. The van der Waals surface area contributed by atoms with Gasteiger partial charge in [-0.1, -0.05) is 0 Å². The monoisotopic (exact) mass is 251 g/mol. The lowest BCUT2D eigenvalue weighted by Crippen LogP contribution is -2.40. The normalized spacial score (nSPS) is 12.8. The minimum Gasteiger partial charge on any atom is -0.352 e. The predicted octanol–water partition coefficient (Wildman–Crippen LogP) is 0.972. The van der Waals surface area contributed by atoms with Crippen molar-refractivity contribution in [1.82, 2.24) is 20.2 Å². The molecule has 102 valence electrons. The van der Waals surface area contributed by atoms with Crippen molar-refractivity contribution >= 4 is 5.82 Å². The predicted molar refractivity (Wildman–Crippen MR) is 75.8 cm³/mol. The molecule has 1 aromatic heterocycles. The minimum atomic E-state index is 0.425. The van der Waals surface area contributed by atoms with E-state index in [2.05, 4.69) is 53.0 Å². The van der Waals surface area contributed by atoms with Crippen LogP contribution >= 0.6 is 0 Å². The third-order valence-corrected chi connectivity index (χ3v) is 2.85. The van der Waals surface area contributed by atoms with Gasteiger partial charge in [-0.3, -0.25) is 4.98 Å². The first-order valence-electron chi connectivity index (χ1n) is 6.45. The molecule has 0 radical (unpaired) electrons. The van der Waals surface area contributed by atoms with Gasteiger partial charge in [-0.15, -0.1) is 0 Å². The van der Waals surface area contributed by atoms with Crippen LogP contribution in [0.5, 0.6) is 0 Å². The molecule has 0 bridgehead atoms. The highest BCUT2D eigenvalue weighted by Crippen LogP contribution is 2.13. The molecule has 1 aromatic rings. The Morgan fingerprint density at radius 3 is 2.44 bits per heavy atom. The van der Waals surface area contributed by atoms with E-state index >= 15 is 0 Å². The summed E-state index contributed by atoms with van der Waals surface area (Å²) in [6, 6.07) is 0.425. The second kappa shape index (κ2) is 7.28. The maximum atomic E-state index is 4.50. The molecule has 1 atom stereocenters. The molecule has 0 saturated heterocycles. The average molecular weight is 251 g/mol. The van der Waals surface area contributed by atoms with Crippen LogP contribution in [0.2, 0.25) is 0 Å². The van der Waals surface area contributed by atoms with Crippen LogP contribution in [0.25, 0.3) is 0 Å². The number of nitrogens with zero attached hydrogens (tertiary/aromatic N) is 4. The summed E-state index contributed by atoms with van der Waals surface area (Å²) in [6.07, 6.45) is 3.71. The van der Waals surface area contributed by atoms with Gasteiger partial charge in [0.25, 0.3) is 0 Å². The Kier molecular flexibility index (Phi) is 6.01. The van der Waals surface area contributed by atoms with Gasteiger partial charge in [-0.2, -0.15) is 0 Å². The van der Waals surface area contributed by atoms with Gasteiger partial charge in [0.1, 0.15) is 5.82 Å². The van der Waals surface area contributed by atoms with E-state index in [1.54, 1.807) is 0 Å². The van der Waals surface area contributed by atoms with E-state index in [0.29, 0.717) is 6.04 Å². The molecular weight excluding hydrogens is 226 g/mol. The van der Waals surface area contributed by atoms with Crippen molar-refractivity contribution in [2.24, 2.45) is 0 Å². The zero-order chi connectivity index (χ0) is 13.5. The maximum Gasteiger partial charge on any atom is 0.147 e. The number of nitrogens with one attached hydrogen (secondary N) is 1. The number of anilines is 1. The molecule has 0 aromatic carbocycles. The van der Waals surface area contributed by atoms with E-state index in [1.165, 1.54) is 0 Å². The van der Waals surface area contributed by atoms with E-state index in [9.17, 15) is 0 Å². The molecule has 1 rings (SSSR count). The molecule has 0 aliphatic carbocycles. The van der Waals surface area contributed by atoms with Crippen LogP contribution in [-0.2, 0) is 6.54 Å². The number of aromatic nitrogens is 2. The van der Waals surface area contributed by atoms with Gasteiger partial charge >= 0.3 is 0 Å². The van der Waals surface area contributed by atoms with Crippen LogP contribution in [0, 0.1) is 0 Å². The maximum absolute atomic E-state index is 4.50. The quantitative estimate of drug-likeness (QED) is 0.782. The van der Waals surface area contributed by atoms with Crippen LogP contribution in [0.15, 0.2) is 12.4 Å². The summed E-state index contributed by atoms with van der Waals surface area (Å²) in [5.74, 6) is 0.951. The number of rotatable bonds is 7. The van der Waals surface area contributed by atoms with Crippen molar-refractivity contribution in [3.63, 3.8) is 0 Å². The Bertz CT molecular complexity index is 336. The number of likely N-dealkylation sites (N-methyl/N-ethyl adjacent to an activating group) is 2. The molecular formula is C13H25N5. The van der Waals surface area contributed by atoms with Crippen LogP contribution in [0.3, 0.4) is 0 Å². The highest BCUT2D eigenvalue weighted by molar-refractivity contribution is 5.37. The Morgan fingerprint density at radius 2 is 2.00 bits per heavy atom. The summed E-state index contributed by atoms with van der Waals surface area (Å²) in [4.78, 5) is 13.4. The molecule has 1 unspecified atom stereocenters. The summed E-state index contributed by atoms with van der Waals surface area (Å²) in [5.41, 5.74) is 0.970. The lowest BCUT2D eigenvalue weighted by Gasteiger charge is -2.30. The van der Waals surface area contributed by atoms with Crippen LogP contribution < -0.4 is 10.2 Å². The van der Waals surface area contributed by atoms with E-state index < -0.39 is 0 Å². The van der Waals surface area contributed by atoms with Gasteiger partial charge in [0.2, 0.25) is 0 Å². The lowest BCUT2D eigenvalue weighted by atomic mass is 10.2. The van der Waals surface area contributed by atoms with Gasteiger partial charge < -0.3 is 15.1 Å². The minimum absolute atomic E-state index is 0.425. The molecule has 0 amide bonds. The van der Waals surface area contributed by atoms with Crippen LogP contribution in [-0.4, -0.2) is 55.1 Å². The average Bonchev–Trinajstić information content (AvgIpc) is 2.31. The summed E-state index contributed by atoms with van der Waals surface area (Å²) in [5, 5.41) is 3.07. The van der Waals surface area contributed by atoms with Crippen LogP contribution in [0.4, 0.5) is 5.82 Å². The van der Waals surface area contributed by atoms with Crippen molar-refractivity contribution < 1.29 is 0 Å². The van der Waals surface area contributed by atoms with Gasteiger partial charge in [-0.05, 0) is 35.0 Å². The summed E-state index contributed by atoms with van der Waals surface area (Å²) < 4.78 is 0. The second-order valence-electron chi connectivity index (χ2n) is 4.79. The molecule has 0 spiro atoms. The standard InChI is InChI=1S/C13H25N5/c1-6-18(11(2)10-17(4)5)13-9-15-12(7-14-3)8-16-13/h8-9,11,14H,6-7,10H2,1-5H3. The smallest absolute Gasteiger partial charge is 0.147 e. The molecule has 0 fully saturated rings. The first kappa shape index (κ1) is 14.9. The summed E-state index contributed by atoms with van der Waals surface area (Å²) >= 11 is 0. The molecule has 5 heteroatoms. The third-order valence-electron chi connectivity index (χ3n) is 2.85. The Labute approximate surface area is 110 Å². The highest BCUT2D eigenvalue weighted by Gasteiger charge is 2.14. The number of hydrogen-bond acceptors (Lipinski definition) is 5. The molecule has 1 heterocycles. The fourth-order valence-electron chi connectivity index (χ4n) is 2.10. The van der Waals surface area contributed by atoms with E-state index in [1.807, 2.05) is 19.4 Å². The molecule has 0 aliphatic rings. The van der Waals surface area contributed by atoms with Crippen molar-refractivity contribution in [3.8, 4) is 0 Å². The number of hydrogen-bond donors (Lipinski definition) is 1. The first-order valence-corrected chi connectivity index (χ1v) is 6.45. The summed E-state index contributed by atoms with van der Waals surface area (Å²) in [7, 11) is 6.09. The van der Waals surface area contributed by atoms with E-state index in [4.69, 9.17) is 0 Å². The van der Waals surface area contributed by atoms with Crippen LogP contribution in [0.1, 0.15) is 19.5 Å². The van der Waals surface area contributed by atoms with Gasteiger partial charge in [0.05, 0.1) is 18.1 Å². The van der Waals surface area contributed by atoms with Gasteiger partial charge in [0.15, 0.2) is 0 Å². The molecule has 0 aliphatic heterocycles. The molecule has 0 saturated carbocycles. The highest BCUT2D eigenvalue weighted by atomic mass is 15.2. The fraction of sp³-hybridized carbons (Fsp3) is 0.692. The van der Waals surface area contributed by atoms with E-state index in [-0.39, 0.29) is 0 Å². The molecule has 5 nitrogen and oxygen atoms in total. The molecule has 18 heavy (non-hydrogen) atoms. The SMILES string of the molecule is CCN(c1cnc(CNC)cn1)C(C)CN(C)C. The second-order valence-corrected chi connectivity index (χ2v) is 4.79. The van der Waals surface area contributed by atoms with E-state index in [0.717, 1.165) is 31.1 Å².